The predicted molar refractivity (Wildman–Crippen MR) is 149 cm³/mol. The fourth-order valence-electron chi connectivity index (χ4n) is 4.42. The van der Waals surface area contributed by atoms with Gasteiger partial charge in [0.25, 0.3) is 5.91 Å². The van der Waals surface area contributed by atoms with E-state index in [9.17, 15) is 4.79 Å². The van der Waals surface area contributed by atoms with Gasteiger partial charge in [0.2, 0.25) is 0 Å². The molecule has 1 N–H and O–H groups in total. The first-order valence-corrected chi connectivity index (χ1v) is 13.1. The van der Waals surface area contributed by atoms with Gasteiger partial charge < -0.3 is 14.6 Å². The van der Waals surface area contributed by atoms with E-state index in [1.54, 1.807) is 0 Å². The summed E-state index contributed by atoms with van der Waals surface area (Å²) < 4.78 is 9.24. The van der Waals surface area contributed by atoms with E-state index >= 15 is 0 Å². The van der Waals surface area contributed by atoms with Gasteiger partial charge in [0.1, 0.15) is 11.6 Å². The van der Waals surface area contributed by atoms with Crippen molar-refractivity contribution < 1.29 is 9.53 Å². The molecule has 1 amide bonds. The van der Waals surface area contributed by atoms with Gasteiger partial charge in [0, 0.05) is 29.5 Å². The van der Waals surface area contributed by atoms with Crippen LogP contribution in [0, 0.1) is 0 Å². The molecule has 0 fully saturated rings. The molecule has 182 valence electrons. The number of imidazole rings is 1. The van der Waals surface area contributed by atoms with Crippen LogP contribution in [0.5, 0.6) is 5.75 Å². The normalized spacial score (nSPS) is 11.1. The van der Waals surface area contributed by atoms with Gasteiger partial charge in [-0.05, 0) is 66.1 Å². The third-order valence-electron chi connectivity index (χ3n) is 6.20. The molecule has 36 heavy (non-hydrogen) atoms. The lowest BCUT2D eigenvalue weighted by Crippen LogP contribution is -2.25. The van der Waals surface area contributed by atoms with Gasteiger partial charge in [-0.2, -0.15) is 0 Å². The summed E-state index contributed by atoms with van der Waals surface area (Å²) in [5.74, 6) is 1.87. The Hall–Kier alpha value is -3.64. The van der Waals surface area contributed by atoms with Gasteiger partial charge in [0.15, 0.2) is 0 Å². The molecule has 4 aromatic carbocycles. The quantitative estimate of drug-likeness (QED) is 0.198. The second-order valence-corrected chi connectivity index (χ2v) is 9.66. The topological polar surface area (TPSA) is 56.2 Å². The first-order valence-electron chi connectivity index (χ1n) is 12.3. The number of nitrogens with zero attached hydrogens (tertiary/aromatic N) is 2. The zero-order valence-corrected chi connectivity index (χ0v) is 21.6. The van der Waals surface area contributed by atoms with Crippen LogP contribution in [-0.2, 0) is 13.0 Å². The summed E-state index contributed by atoms with van der Waals surface area (Å²) in [5, 5.41) is 5.42. The van der Waals surface area contributed by atoms with E-state index in [-0.39, 0.29) is 5.91 Å². The van der Waals surface area contributed by atoms with Crippen LogP contribution in [0.4, 0.5) is 0 Å². The highest BCUT2D eigenvalue weighted by Crippen LogP contribution is 2.21. The number of hydrogen-bond acceptors (Lipinski definition) is 3. The number of hydrogen-bond donors (Lipinski definition) is 1. The summed E-state index contributed by atoms with van der Waals surface area (Å²) in [6, 6.07) is 30.2. The Morgan fingerprint density at radius 2 is 1.72 bits per heavy atom. The van der Waals surface area contributed by atoms with Crippen LogP contribution in [0.2, 0.25) is 0 Å². The van der Waals surface area contributed by atoms with Crippen LogP contribution in [0.15, 0.2) is 95.5 Å². The van der Waals surface area contributed by atoms with Crippen LogP contribution in [0.1, 0.15) is 29.0 Å². The minimum atomic E-state index is -0.0596. The molecule has 0 saturated carbocycles. The van der Waals surface area contributed by atoms with E-state index in [0.29, 0.717) is 18.7 Å². The van der Waals surface area contributed by atoms with Crippen molar-refractivity contribution in [3.8, 4) is 5.75 Å². The average molecular weight is 542 g/mol. The summed E-state index contributed by atoms with van der Waals surface area (Å²) in [6.07, 6.45) is 2.48. The lowest BCUT2D eigenvalue weighted by atomic mass is 10.1. The predicted octanol–water partition coefficient (Wildman–Crippen LogP) is 6.78. The SMILES string of the molecule is O=C(NCCCc1nc2ccccc2n1CCCOc1ccc2ccccc2c1)c1cccc(Br)c1. The summed E-state index contributed by atoms with van der Waals surface area (Å²) in [6.45, 7) is 2.06. The number of nitrogens with one attached hydrogen (secondary N) is 1. The van der Waals surface area contributed by atoms with Gasteiger partial charge in [-0.3, -0.25) is 4.79 Å². The number of rotatable bonds is 10. The Balaban J connectivity index is 1.17. The maximum atomic E-state index is 12.4. The lowest BCUT2D eigenvalue weighted by Gasteiger charge is -2.11. The van der Waals surface area contributed by atoms with Crippen molar-refractivity contribution in [2.24, 2.45) is 0 Å². The van der Waals surface area contributed by atoms with Crippen LogP contribution in [-0.4, -0.2) is 28.6 Å². The first kappa shape index (κ1) is 24.1. The Morgan fingerprint density at radius 3 is 2.61 bits per heavy atom. The minimum absolute atomic E-state index is 0.0596. The van der Waals surface area contributed by atoms with Crippen LogP contribution in [0.25, 0.3) is 21.8 Å². The molecule has 0 aliphatic rings. The molecule has 5 rings (SSSR count). The zero-order chi connectivity index (χ0) is 24.7. The molecule has 0 unspecified atom stereocenters. The monoisotopic (exact) mass is 541 g/mol. The summed E-state index contributed by atoms with van der Waals surface area (Å²) >= 11 is 3.42. The summed E-state index contributed by atoms with van der Waals surface area (Å²) in [7, 11) is 0. The smallest absolute Gasteiger partial charge is 0.251 e. The zero-order valence-electron chi connectivity index (χ0n) is 20.0. The van der Waals surface area contributed by atoms with Gasteiger partial charge in [-0.25, -0.2) is 4.98 Å². The fraction of sp³-hybridized carbons (Fsp3) is 0.200. The van der Waals surface area contributed by atoms with Crippen molar-refractivity contribution in [3.05, 3.63) is 107 Å². The van der Waals surface area contributed by atoms with Crippen molar-refractivity contribution >= 4 is 43.6 Å². The maximum Gasteiger partial charge on any atom is 0.251 e. The standard InChI is InChI=1S/C30H28BrN3O2/c31-25-11-5-10-24(20-25)30(35)32-17-6-14-29-33-27-12-3-4-13-28(27)34(29)18-7-19-36-26-16-15-22-8-1-2-9-23(22)21-26/h1-5,8-13,15-16,20-21H,6-7,14,17-19H2,(H,32,35). The van der Waals surface area contributed by atoms with Gasteiger partial charge in [-0.15, -0.1) is 0 Å². The third-order valence-corrected chi connectivity index (χ3v) is 6.69. The first-order chi connectivity index (χ1) is 17.7. The second kappa shape index (κ2) is 11.4. The van der Waals surface area contributed by atoms with Gasteiger partial charge in [-0.1, -0.05) is 64.5 Å². The average Bonchev–Trinajstić information content (AvgIpc) is 3.26. The molecule has 1 aromatic heterocycles. The van der Waals surface area contributed by atoms with E-state index < -0.39 is 0 Å². The molecule has 1 heterocycles. The molecule has 0 radical (unpaired) electrons. The Morgan fingerprint density at radius 1 is 0.889 bits per heavy atom. The van der Waals surface area contributed by atoms with E-state index in [4.69, 9.17) is 9.72 Å². The van der Waals surface area contributed by atoms with Crippen LogP contribution >= 0.6 is 15.9 Å². The number of amides is 1. The molecule has 0 saturated heterocycles. The van der Waals surface area contributed by atoms with Crippen molar-refractivity contribution in [2.75, 3.05) is 13.2 Å². The summed E-state index contributed by atoms with van der Waals surface area (Å²) in [4.78, 5) is 17.3. The summed E-state index contributed by atoms with van der Waals surface area (Å²) in [5.41, 5.74) is 2.79. The largest absolute Gasteiger partial charge is 0.494 e. The van der Waals surface area contributed by atoms with E-state index in [2.05, 4.69) is 62.2 Å². The molecule has 5 nitrogen and oxygen atoms in total. The number of halogens is 1. The molecule has 0 atom stereocenters. The van der Waals surface area contributed by atoms with E-state index in [1.165, 1.54) is 10.8 Å². The maximum absolute atomic E-state index is 12.4. The minimum Gasteiger partial charge on any atom is -0.494 e. The van der Waals surface area contributed by atoms with Crippen LogP contribution < -0.4 is 10.1 Å². The third kappa shape index (κ3) is 5.77. The number of fused-ring (bicyclic) bond motifs is 2. The Labute approximate surface area is 219 Å². The molecule has 0 aliphatic heterocycles. The van der Waals surface area contributed by atoms with Crippen molar-refractivity contribution in [1.29, 1.82) is 0 Å². The number of aryl methyl sites for hydroxylation is 2. The van der Waals surface area contributed by atoms with Crippen molar-refractivity contribution in [1.82, 2.24) is 14.9 Å². The Kier molecular flexibility index (Phi) is 7.62. The lowest BCUT2D eigenvalue weighted by molar-refractivity contribution is 0.0953. The molecular formula is C30H28BrN3O2. The van der Waals surface area contributed by atoms with Crippen molar-refractivity contribution in [3.63, 3.8) is 0 Å². The second-order valence-electron chi connectivity index (χ2n) is 8.75. The number of aromatic nitrogens is 2. The Bertz CT molecular complexity index is 1490. The highest BCUT2D eigenvalue weighted by Gasteiger charge is 2.11. The molecule has 0 bridgehead atoms. The number of benzene rings is 4. The molecule has 5 aromatic rings. The van der Waals surface area contributed by atoms with E-state index in [0.717, 1.165) is 52.9 Å². The van der Waals surface area contributed by atoms with Crippen molar-refractivity contribution in [2.45, 2.75) is 25.8 Å². The van der Waals surface area contributed by atoms with Crippen LogP contribution in [0.3, 0.4) is 0 Å². The fourth-order valence-corrected chi connectivity index (χ4v) is 4.82. The molecule has 6 heteroatoms. The number of carbonyl (C=O) groups is 1. The number of carbonyl (C=O) groups excluding carboxylic acids is 1. The van der Waals surface area contributed by atoms with Gasteiger partial charge in [0.05, 0.1) is 17.6 Å². The highest BCUT2D eigenvalue weighted by atomic mass is 79.9. The highest BCUT2D eigenvalue weighted by molar-refractivity contribution is 9.10. The number of para-hydroxylation sites is 2. The van der Waals surface area contributed by atoms with E-state index in [1.807, 2.05) is 54.6 Å². The molecule has 0 aliphatic carbocycles. The molecular weight excluding hydrogens is 514 g/mol. The number of ether oxygens (including phenoxy) is 1. The van der Waals surface area contributed by atoms with Gasteiger partial charge >= 0.3 is 0 Å². The molecule has 0 spiro atoms.